The zero-order valence-electron chi connectivity index (χ0n) is 9.08. The third-order valence-electron chi connectivity index (χ3n) is 1.96. The molecule has 0 unspecified atom stereocenters. The number of halogens is 2. The lowest BCUT2D eigenvalue weighted by Gasteiger charge is -2.07. The van der Waals surface area contributed by atoms with Crippen molar-refractivity contribution in [3.8, 4) is 5.75 Å². The monoisotopic (exact) mass is 261 g/mol. The molecular formula is C11H13ClFNO3. The Morgan fingerprint density at radius 2 is 2.24 bits per heavy atom. The molecule has 94 valence electrons. The molecule has 0 heterocycles. The van der Waals surface area contributed by atoms with E-state index in [0.717, 1.165) is 18.2 Å². The second-order valence-electron chi connectivity index (χ2n) is 3.22. The molecule has 0 aromatic heterocycles. The summed E-state index contributed by atoms with van der Waals surface area (Å²) in [5.41, 5.74) is -0.0951. The molecule has 0 radical (unpaired) electrons. The Bertz CT molecular complexity index is 387. The van der Waals surface area contributed by atoms with Gasteiger partial charge in [-0.1, -0.05) is 0 Å². The van der Waals surface area contributed by atoms with E-state index in [4.69, 9.17) is 16.3 Å². The first kappa shape index (κ1) is 13.7. The lowest BCUT2D eigenvalue weighted by atomic mass is 10.2. The molecule has 0 aliphatic carbocycles. The number of alkyl halides is 1. The Kier molecular flexibility index (Phi) is 5.72. The van der Waals surface area contributed by atoms with E-state index in [2.05, 4.69) is 5.32 Å². The van der Waals surface area contributed by atoms with Crippen LogP contribution in [0.3, 0.4) is 0 Å². The summed E-state index contributed by atoms with van der Waals surface area (Å²) in [7, 11) is 0. The van der Waals surface area contributed by atoms with Crippen molar-refractivity contribution in [1.82, 2.24) is 5.32 Å². The summed E-state index contributed by atoms with van der Waals surface area (Å²) in [4.78, 5) is 11.5. The molecule has 6 heteroatoms. The van der Waals surface area contributed by atoms with Crippen molar-refractivity contribution in [2.45, 2.75) is 0 Å². The zero-order chi connectivity index (χ0) is 12.7. The number of phenolic OH excluding ortho intramolecular Hbond substituents is 1. The number of rotatable bonds is 6. The van der Waals surface area contributed by atoms with Gasteiger partial charge in [-0.25, -0.2) is 4.39 Å². The molecule has 4 nitrogen and oxygen atoms in total. The van der Waals surface area contributed by atoms with Crippen molar-refractivity contribution >= 4 is 17.5 Å². The van der Waals surface area contributed by atoms with Crippen LogP contribution in [-0.4, -0.2) is 36.7 Å². The SMILES string of the molecule is O=C(NCCOCCCl)c1cc(F)ccc1O. The molecule has 0 atom stereocenters. The van der Waals surface area contributed by atoms with E-state index in [1.165, 1.54) is 0 Å². The van der Waals surface area contributed by atoms with E-state index in [-0.39, 0.29) is 17.9 Å². The molecule has 1 aromatic rings. The molecule has 1 amide bonds. The molecule has 0 spiro atoms. The fourth-order valence-corrected chi connectivity index (χ4v) is 1.29. The quantitative estimate of drug-likeness (QED) is 0.603. The Hall–Kier alpha value is -1.33. The van der Waals surface area contributed by atoms with Crippen LogP contribution < -0.4 is 5.32 Å². The third kappa shape index (κ3) is 4.58. The average Bonchev–Trinajstić information content (AvgIpc) is 2.32. The normalized spacial score (nSPS) is 10.2. The summed E-state index contributed by atoms with van der Waals surface area (Å²) in [6.45, 7) is 0.989. The highest BCUT2D eigenvalue weighted by molar-refractivity contribution is 6.17. The Balaban J connectivity index is 2.44. The number of benzene rings is 1. The van der Waals surface area contributed by atoms with Gasteiger partial charge in [0.15, 0.2) is 0 Å². The minimum Gasteiger partial charge on any atom is -0.507 e. The second-order valence-corrected chi connectivity index (χ2v) is 3.60. The van der Waals surface area contributed by atoms with Crippen molar-refractivity contribution in [2.75, 3.05) is 25.6 Å². The first-order valence-corrected chi connectivity index (χ1v) is 5.59. The Labute approximate surface area is 103 Å². The van der Waals surface area contributed by atoms with Crippen molar-refractivity contribution in [3.05, 3.63) is 29.6 Å². The third-order valence-corrected chi connectivity index (χ3v) is 2.11. The molecule has 0 saturated heterocycles. The van der Waals surface area contributed by atoms with Crippen LogP contribution in [-0.2, 0) is 4.74 Å². The van der Waals surface area contributed by atoms with Gasteiger partial charge in [0, 0.05) is 12.4 Å². The van der Waals surface area contributed by atoms with Crippen LogP contribution in [0, 0.1) is 5.82 Å². The summed E-state index contributed by atoms with van der Waals surface area (Å²) < 4.78 is 17.9. The van der Waals surface area contributed by atoms with E-state index in [0.29, 0.717) is 19.1 Å². The van der Waals surface area contributed by atoms with Gasteiger partial charge in [-0.3, -0.25) is 4.79 Å². The van der Waals surface area contributed by atoms with Gasteiger partial charge in [0.25, 0.3) is 5.91 Å². The van der Waals surface area contributed by atoms with Gasteiger partial charge in [-0.15, -0.1) is 11.6 Å². The minimum atomic E-state index is -0.577. The molecule has 1 aromatic carbocycles. The molecule has 0 saturated carbocycles. The van der Waals surface area contributed by atoms with E-state index in [1.54, 1.807) is 0 Å². The standard InChI is InChI=1S/C11H13ClFNO3/c12-3-5-17-6-4-14-11(16)9-7-8(13)1-2-10(9)15/h1-2,7,15H,3-6H2,(H,14,16). The summed E-state index contributed by atoms with van der Waals surface area (Å²) in [6.07, 6.45) is 0. The highest BCUT2D eigenvalue weighted by Gasteiger charge is 2.11. The van der Waals surface area contributed by atoms with Crippen molar-refractivity contribution in [1.29, 1.82) is 0 Å². The topological polar surface area (TPSA) is 58.6 Å². The predicted octanol–water partition coefficient (Wildman–Crippen LogP) is 1.52. The van der Waals surface area contributed by atoms with Gasteiger partial charge in [0.1, 0.15) is 11.6 Å². The second kappa shape index (κ2) is 7.09. The van der Waals surface area contributed by atoms with E-state index < -0.39 is 11.7 Å². The number of phenols is 1. The van der Waals surface area contributed by atoms with Crippen LogP contribution in [0.1, 0.15) is 10.4 Å². The summed E-state index contributed by atoms with van der Waals surface area (Å²) >= 11 is 5.39. The summed E-state index contributed by atoms with van der Waals surface area (Å²) in [6, 6.07) is 3.19. The van der Waals surface area contributed by atoms with Crippen molar-refractivity contribution < 1.29 is 19.0 Å². The van der Waals surface area contributed by atoms with Crippen molar-refractivity contribution in [3.63, 3.8) is 0 Å². The van der Waals surface area contributed by atoms with Crippen LogP contribution in [0.25, 0.3) is 0 Å². The van der Waals surface area contributed by atoms with Gasteiger partial charge < -0.3 is 15.2 Å². The van der Waals surface area contributed by atoms with E-state index >= 15 is 0 Å². The van der Waals surface area contributed by atoms with Crippen LogP contribution in [0.2, 0.25) is 0 Å². The fraction of sp³-hybridized carbons (Fsp3) is 0.364. The van der Waals surface area contributed by atoms with Crippen molar-refractivity contribution in [2.24, 2.45) is 0 Å². The highest BCUT2D eigenvalue weighted by atomic mass is 35.5. The molecule has 2 N–H and O–H groups in total. The molecule has 1 rings (SSSR count). The van der Waals surface area contributed by atoms with Gasteiger partial charge in [-0.05, 0) is 18.2 Å². The molecule has 17 heavy (non-hydrogen) atoms. The number of amides is 1. The first-order valence-electron chi connectivity index (χ1n) is 5.05. The van der Waals surface area contributed by atoms with Gasteiger partial charge in [0.05, 0.1) is 18.8 Å². The number of carbonyl (C=O) groups excluding carboxylic acids is 1. The maximum atomic E-state index is 12.9. The number of nitrogens with one attached hydrogen (secondary N) is 1. The number of carbonyl (C=O) groups is 1. The highest BCUT2D eigenvalue weighted by Crippen LogP contribution is 2.17. The fourth-order valence-electron chi connectivity index (χ4n) is 1.18. The molecule has 0 aliphatic rings. The summed E-state index contributed by atoms with van der Waals surface area (Å²) in [5, 5.41) is 11.9. The lowest BCUT2D eigenvalue weighted by molar-refractivity contribution is 0.0920. The van der Waals surface area contributed by atoms with Crippen LogP contribution in [0.15, 0.2) is 18.2 Å². The number of hydrogen-bond acceptors (Lipinski definition) is 3. The maximum absolute atomic E-state index is 12.9. The van der Waals surface area contributed by atoms with Crippen LogP contribution in [0.4, 0.5) is 4.39 Å². The van der Waals surface area contributed by atoms with Gasteiger partial charge in [0.2, 0.25) is 0 Å². The van der Waals surface area contributed by atoms with Gasteiger partial charge in [-0.2, -0.15) is 0 Å². The predicted molar refractivity (Wildman–Crippen MR) is 61.9 cm³/mol. The average molecular weight is 262 g/mol. The number of ether oxygens (including phenoxy) is 1. The zero-order valence-corrected chi connectivity index (χ0v) is 9.84. The largest absolute Gasteiger partial charge is 0.507 e. The van der Waals surface area contributed by atoms with E-state index in [9.17, 15) is 14.3 Å². The summed E-state index contributed by atoms with van der Waals surface area (Å²) in [5.74, 6) is -0.994. The van der Waals surface area contributed by atoms with Crippen LogP contribution in [0.5, 0.6) is 5.75 Å². The smallest absolute Gasteiger partial charge is 0.255 e. The number of hydrogen-bond donors (Lipinski definition) is 2. The first-order chi connectivity index (χ1) is 8.15. The lowest BCUT2D eigenvalue weighted by Crippen LogP contribution is -2.27. The minimum absolute atomic E-state index is 0.0951. The van der Waals surface area contributed by atoms with Gasteiger partial charge >= 0.3 is 0 Å². The molecular weight excluding hydrogens is 249 g/mol. The maximum Gasteiger partial charge on any atom is 0.255 e. The Morgan fingerprint density at radius 1 is 1.47 bits per heavy atom. The van der Waals surface area contributed by atoms with Crippen LogP contribution >= 0.6 is 11.6 Å². The van der Waals surface area contributed by atoms with E-state index in [1.807, 2.05) is 0 Å². The Morgan fingerprint density at radius 3 is 2.94 bits per heavy atom. The molecule has 0 bridgehead atoms. The molecule has 0 fully saturated rings. The molecule has 0 aliphatic heterocycles. The number of aromatic hydroxyl groups is 1.